The molecule has 0 amide bonds. The molecule has 0 bridgehead atoms. The molecular weight excluding hydrogens is 212 g/mol. The van der Waals surface area contributed by atoms with Crippen molar-refractivity contribution < 1.29 is 9.84 Å². The number of aliphatic hydroxyl groups is 1. The highest BCUT2D eigenvalue weighted by molar-refractivity contribution is 7.11. The molecule has 0 spiro atoms. The highest BCUT2D eigenvalue weighted by Crippen LogP contribution is 2.10. The number of aliphatic hydroxyl groups excluding tert-OH is 1. The second-order valence-corrected chi connectivity index (χ2v) is 4.74. The van der Waals surface area contributed by atoms with E-state index >= 15 is 0 Å². The lowest BCUT2D eigenvalue weighted by Gasteiger charge is -2.09. The van der Waals surface area contributed by atoms with Crippen LogP contribution in [0.15, 0.2) is 6.20 Å². The molecule has 0 aliphatic rings. The first kappa shape index (κ1) is 12.6. The van der Waals surface area contributed by atoms with E-state index in [9.17, 15) is 5.11 Å². The molecule has 1 unspecified atom stereocenters. The molecule has 0 aromatic carbocycles. The largest absolute Gasteiger partial charge is 0.391 e. The molecule has 86 valence electrons. The molecule has 2 N–H and O–H groups in total. The number of aromatic nitrogens is 1. The number of methoxy groups -OCH3 is 1. The highest BCUT2D eigenvalue weighted by atomic mass is 32.1. The molecule has 4 nitrogen and oxygen atoms in total. The fraction of sp³-hybridized carbons (Fsp3) is 0.700. The van der Waals surface area contributed by atoms with Crippen LogP contribution >= 0.6 is 11.3 Å². The van der Waals surface area contributed by atoms with E-state index in [0.717, 1.165) is 18.1 Å². The smallest absolute Gasteiger partial charge is 0.0897 e. The van der Waals surface area contributed by atoms with Crippen molar-refractivity contribution in [3.8, 4) is 0 Å². The standard InChI is InChI=1S/C10H18N2O2S/c1-8-12-6-10(15-8)5-11-4-3-9(13)7-14-2/h6,9,11,13H,3-5,7H2,1-2H3. The van der Waals surface area contributed by atoms with Gasteiger partial charge in [-0.1, -0.05) is 0 Å². The third-order valence-electron chi connectivity index (χ3n) is 1.98. The molecule has 1 aromatic rings. The Morgan fingerprint density at radius 1 is 1.67 bits per heavy atom. The molecule has 1 rings (SSSR count). The normalized spacial score (nSPS) is 13.0. The third kappa shape index (κ3) is 5.22. The van der Waals surface area contributed by atoms with E-state index < -0.39 is 0 Å². The number of nitrogens with one attached hydrogen (secondary N) is 1. The molecule has 0 aliphatic heterocycles. The Hall–Kier alpha value is -0.490. The van der Waals surface area contributed by atoms with Crippen molar-refractivity contribution in [1.82, 2.24) is 10.3 Å². The predicted molar refractivity (Wildman–Crippen MR) is 61.1 cm³/mol. The molecule has 1 aromatic heterocycles. The van der Waals surface area contributed by atoms with Gasteiger partial charge in [0.2, 0.25) is 0 Å². The summed E-state index contributed by atoms with van der Waals surface area (Å²) in [5.41, 5.74) is 0. The van der Waals surface area contributed by atoms with Gasteiger partial charge in [-0.15, -0.1) is 11.3 Å². The molecule has 0 fully saturated rings. The Labute approximate surface area is 94.3 Å². The second kappa shape index (κ2) is 6.90. The van der Waals surface area contributed by atoms with Crippen molar-refractivity contribution in [3.63, 3.8) is 0 Å². The lowest BCUT2D eigenvalue weighted by Crippen LogP contribution is -2.22. The van der Waals surface area contributed by atoms with Gasteiger partial charge in [0, 0.05) is 24.7 Å². The van der Waals surface area contributed by atoms with Crippen LogP contribution in [0.25, 0.3) is 0 Å². The summed E-state index contributed by atoms with van der Waals surface area (Å²) in [6.07, 6.45) is 2.23. The van der Waals surface area contributed by atoms with Gasteiger partial charge in [-0.05, 0) is 19.9 Å². The minimum atomic E-state index is -0.370. The van der Waals surface area contributed by atoms with E-state index in [4.69, 9.17) is 4.74 Å². The van der Waals surface area contributed by atoms with Crippen LogP contribution in [0.2, 0.25) is 0 Å². The molecule has 0 aliphatic carbocycles. The van der Waals surface area contributed by atoms with Crippen LogP contribution in [0.4, 0.5) is 0 Å². The molecule has 0 radical (unpaired) electrons. The van der Waals surface area contributed by atoms with Crippen molar-refractivity contribution in [1.29, 1.82) is 0 Å². The summed E-state index contributed by atoms with van der Waals surface area (Å²) >= 11 is 1.70. The zero-order chi connectivity index (χ0) is 11.1. The van der Waals surface area contributed by atoms with E-state index in [2.05, 4.69) is 10.3 Å². The van der Waals surface area contributed by atoms with Crippen LogP contribution < -0.4 is 5.32 Å². The van der Waals surface area contributed by atoms with Gasteiger partial charge < -0.3 is 15.2 Å². The number of nitrogens with zero attached hydrogens (tertiary/aromatic N) is 1. The average Bonchev–Trinajstić information content (AvgIpc) is 2.60. The minimum Gasteiger partial charge on any atom is -0.391 e. The summed E-state index contributed by atoms with van der Waals surface area (Å²) in [5.74, 6) is 0. The van der Waals surface area contributed by atoms with Crippen LogP contribution in [0.3, 0.4) is 0 Å². The van der Waals surface area contributed by atoms with Gasteiger partial charge >= 0.3 is 0 Å². The maximum Gasteiger partial charge on any atom is 0.0897 e. The van der Waals surface area contributed by atoms with E-state index in [-0.39, 0.29) is 6.10 Å². The van der Waals surface area contributed by atoms with Gasteiger partial charge in [0.1, 0.15) is 0 Å². The molecular formula is C10H18N2O2S. The maximum absolute atomic E-state index is 9.38. The van der Waals surface area contributed by atoms with Crippen LogP contribution in [-0.4, -0.2) is 36.5 Å². The first-order chi connectivity index (χ1) is 7.22. The Bertz CT molecular complexity index is 278. The van der Waals surface area contributed by atoms with Crippen LogP contribution in [-0.2, 0) is 11.3 Å². The molecule has 5 heteroatoms. The van der Waals surface area contributed by atoms with Gasteiger partial charge in [-0.3, -0.25) is 0 Å². The molecule has 1 heterocycles. The van der Waals surface area contributed by atoms with Gasteiger partial charge in [-0.25, -0.2) is 4.98 Å². The summed E-state index contributed by atoms with van der Waals surface area (Å²) in [6, 6.07) is 0. The number of ether oxygens (including phenoxy) is 1. The highest BCUT2D eigenvalue weighted by Gasteiger charge is 2.02. The van der Waals surface area contributed by atoms with Crippen molar-refractivity contribution in [2.24, 2.45) is 0 Å². The monoisotopic (exact) mass is 230 g/mol. The second-order valence-electron chi connectivity index (χ2n) is 3.42. The van der Waals surface area contributed by atoms with Crippen LogP contribution in [0.1, 0.15) is 16.3 Å². The van der Waals surface area contributed by atoms with Gasteiger partial charge in [-0.2, -0.15) is 0 Å². The Balaban J connectivity index is 2.06. The Morgan fingerprint density at radius 3 is 3.07 bits per heavy atom. The molecule has 0 saturated carbocycles. The van der Waals surface area contributed by atoms with Gasteiger partial charge in [0.05, 0.1) is 17.7 Å². The summed E-state index contributed by atoms with van der Waals surface area (Å²) in [5, 5.41) is 13.7. The quantitative estimate of drug-likeness (QED) is 0.684. The molecule has 15 heavy (non-hydrogen) atoms. The number of rotatable bonds is 7. The summed E-state index contributed by atoms with van der Waals surface area (Å²) in [7, 11) is 1.59. The van der Waals surface area contributed by atoms with Gasteiger partial charge in [0.15, 0.2) is 0 Å². The van der Waals surface area contributed by atoms with Crippen molar-refractivity contribution >= 4 is 11.3 Å². The van der Waals surface area contributed by atoms with E-state index in [1.165, 1.54) is 4.88 Å². The lowest BCUT2D eigenvalue weighted by atomic mass is 10.2. The van der Waals surface area contributed by atoms with Crippen molar-refractivity contribution in [2.45, 2.75) is 26.0 Å². The summed E-state index contributed by atoms with van der Waals surface area (Å²) < 4.78 is 4.84. The van der Waals surface area contributed by atoms with Crippen molar-refractivity contribution in [2.75, 3.05) is 20.3 Å². The maximum atomic E-state index is 9.38. The number of aryl methyl sites for hydroxylation is 1. The topological polar surface area (TPSA) is 54.4 Å². The Kier molecular flexibility index (Phi) is 5.78. The first-order valence-electron chi connectivity index (χ1n) is 5.01. The zero-order valence-electron chi connectivity index (χ0n) is 9.19. The first-order valence-corrected chi connectivity index (χ1v) is 5.83. The SMILES string of the molecule is COCC(O)CCNCc1cnc(C)s1. The van der Waals surface area contributed by atoms with E-state index in [1.54, 1.807) is 18.4 Å². The van der Waals surface area contributed by atoms with E-state index in [0.29, 0.717) is 13.0 Å². The van der Waals surface area contributed by atoms with Gasteiger partial charge in [0.25, 0.3) is 0 Å². The third-order valence-corrected chi connectivity index (χ3v) is 2.89. The predicted octanol–water partition coefficient (Wildman–Crippen LogP) is 0.939. The fourth-order valence-corrected chi connectivity index (χ4v) is 2.01. The molecule has 0 saturated heterocycles. The Morgan fingerprint density at radius 2 is 2.47 bits per heavy atom. The minimum absolute atomic E-state index is 0.370. The fourth-order valence-electron chi connectivity index (χ4n) is 1.24. The zero-order valence-corrected chi connectivity index (χ0v) is 10.0. The summed E-state index contributed by atoms with van der Waals surface area (Å²) in [4.78, 5) is 5.40. The van der Waals surface area contributed by atoms with Crippen molar-refractivity contribution in [3.05, 3.63) is 16.1 Å². The summed E-state index contributed by atoms with van der Waals surface area (Å²) in [6.45, 7) is 4.02. The number of hydrogen-bond donors (Lipinski definition) is 2. The number of hydrogen-bond acceptors (Lipinski definition) is 5. The van der Waals surface area contributed by atoms with Crippen LogP contribution in [0, 0.1) is 6.92 Å². The average molecular weight is 230 g/mol. The lowest BCUT2D eigenvalue weighted by molar-refractivity contribution is 0.0594. The van der Waals surface area contributed by atoms with Crippen LogP contribution in [0.5, 0.6) is 0 Å². The number of thiazole rings is 1. The molecule has 1 atom stereocenters. The van der Waals surface area contributed by atoms with E-state index in [1.807, 2.05) is 13.1 Å².